The van der Waals surface area contributed by atoms with Gasteiger partial charge in [0.15, 0.2) is 0 Å². The zero-order chi connectivity index (χ0) is 22.4. The van der Waals surface area contributed by atoms with Crippen molar-refractivity contribution in [2.24, 2.45) is 0 Å². The third kappa shape index (κ3) is 5.96. The number of anilines is 2. The Kier molecular flexibility index (Phi) is 7.48. The number of aliphatic carboxylic acids is 1. The number of hydrogen-bond acceptors (Lipinski definition) is 7. The first-order valence-electron chi connectivity index (χ1n) is 9.82. The van der Waals surface area contributed by atoms with Gasteiger partial charge in [-0.1, -0.05) is 18.2 Å². The third-order valence-corrected chi connectivity index (χ3v) is 6.04. The van der Waals surface area contributed by atoms with Gasteiger partial charge < -0.3 is 21.1 Å². The minimum absolute atomic E-state index is 0.109. The lowest BCUT2D eigenvalue weighted by Crippen LogP contribution is -2.49. The number of pyridine rings is 1. The number of nitrogens with one attached hydrogen (secondary N) is 2. The number of nitrogens with zero attached hydrogens (tertiary/aromatic N) is 2. The number of aryl methyl sites for hydroxylation is 1. The van der Waals surface area contributed by atoms with Gasteiger partial charge in [-0.15, -0.1) is 11.8 Å². The van der Waals surface area contributed by atoms with E-state index in [2.05, 4.69) is 15.6 Å². The molecule has 0 saturated carbocycles. The Labute approximate surface area is 184 Å². The Morgan fingerprint density at radius 1 is 1.29 bits per heavy atom. The van der Waals surface area contributed by atoms with Crippen molar-refractivity contribution in [2.75, 3.05) is 29.5 Å². The minimum Gasteiger partial charge on any atom is -0.480 e. The summed E-state index contributed by atoms with van der Waals surface area (Å²) in [5.41, 5.74) is 8.00. The molecule has 1 aromatic heterocycles. The van der Waals surface area contributed by atoms with Gasteiger partial charge in [-0.25, -0.2) is 4.98 Å². The molecule has 3 rings (SSSR count). The van der Waals surface area contributed by atoms with E-state index >= 15 is 0 Å². The van der Waals surface area contributed by atoms with Gasteiger partial charge in [0.2, 0.25) is 11.8 Å². The molecule has 2 aromatic rings. The summed E-state index contributed by atoms with van der Waals surface area (Å²) in [6.07, 6.45) is 0.109. The molecule has 164 valence electrons. The topological polar surface area (TPSA) is 138 Å². The standard InChI is InChI=1S/C21H25N5O4S/c1-13-14(6-7-18(22)25-13)10-24-19(27)8-9-26-16-4-2-3-5-17(16)31-12-15(21(26)30)23-11-20(28)29/h2-7,15,23H,8-12H2,1H3,(H2,22,25)(H,24,27)(H,28,29)/t15-/m1/s1. The predicted molar refractivity (Wildman–Crippen MR) is 119 cm³/mol. The summed E-state index contributed by atoms with van der Waals surface area (Å²) in [4.78, 5) is 43.1. The molecular formula is C21H25N5O4S. The van der Waals surface area contributed by atoms with Crippen LogP contribution < -0.4 is 21.3 Å². The average molecular weight is 444 g/mol. The largest absolute Gasteiger partial charge is 0.480 e. The van der Waals surface area contributed by atoms with Gasteiger partial charge in [0.25, 0.3) is 0 Å². The number of hydrogen-bond donors (Lipinski definition) is 4. The molecule has 1 aliphatic rings. The van der Waals surface area contributed by atoms with Crippen LogP contribution in [0.5, 0.6) is 0 Å². The number of nitrogen functional groups attached to an aromatic ring is 1. The number of fused-ring (bicyclic) bond motifs is 1. The number of carboxylic acids is 1. The van der Waals surface area contributed by atoms with Crippen molar-refractivity contribution in [1.29, 1.82) is 0 Å². The van der Waals surface area contributed by atoms with E-state index in [9.17, 15) is 14.4 Å². The Morgan fingerprint density at radius 3 is 2.81 bits per heavy atom. The highest BCUT2D eigenvalue weighted by atomic mass is 32.2. The number of nitrogens with two attached hydrogens (primary N) is 1. The number of thioether (sulfide) groups is 1. The number of carbonyl (C=O) groups is 3. The summed E-state index contributed by atoms with van der Waals surface area (Å²) in [7, 11) is 0. The van der Waals surface area contributed by atoms with Crippen LogP contribution >= 0.6 is 11.8 Å². The van der Waals surface area contributed by atoms with Crippen LogP contribution in [0.2, 0.25) is 0 Å². The highest BCUT2D eigenvalue weighted by Crippen LogP contribution is 2.34. The van der Waals surface area contributed by atoms with Gasteiger partial charge in [0, 0.05) is 35.9 Å². The number of para-hydroxylation sites is 1. The smallest absolute Gasteiger partial charge is 0.317 e. The van der Waals surface area contributed by atoms with Crippen molar-refractivity contribution in [3.05, 3.63) is 47.7 Å². The zero-order valence-corrected chi connectivity index (χ0v) is 17.9. The molecule has 10 heteroatoms. The SMILES string of the molecule is Cc1nc(N)ccc1CNC(=O)CCN1C(=O)[C@H](NCC(=O)O)CSc2ccccc21. The van der Waals surface area contributed by atoms with Crippen LogP contribution in [0, 0.1) is 6.92 Å². The van der Waals surface area contributed by atoms with E-state index in [-0.39, 0.29) is 31.3 Å². The number of carbonyl (C=O) groups excluding carboxylic acids is 2. The second-order valence-corrected chi connectivity index (χ2v) is 8.17. The zero-order valence-electron chi connectivity index (χ0n) is 17.1. The predicted octanol–water partition coefficient (Wildman–Crippen LogP) is 1.16. The van der Waals surface area contributed by atoms with Gasteiger partial charge in [-0.2, -0.15) is 0 Å². The average Bonchev–Trinajstić information content (AvgIpc) is 2.86. The lowest BCUT2D eigenvalue weighted by molar-refractivity contribution is -0.136. The summed E-state index contributed by atoms with van der Waals surface area (Å²) in [6.45, 7) is 2.02. The van der Waals surface area contributed by atoms with Crippen LogP contribution in [0.3, 0.4) is 0 Å². The molecule has 0 spiro atoms. The van der Waals surface area contributed by atoms with E-state index in [1.807, 2.05) is 37.3 Å². The van der Waals surface area contributed by atoms with E-state index in [0.29, 0.717) is 18.1 Å². The Morgan fingerprint density at radius 2 is 2.06 bits per heavy atom. The molecule has 0 aliphatic carbocycles. The lowest BCUT2D eigenvalue weighted by atomic mass is 10.2. The molecule has 0 fully saturated rings. The highest BCUT2D eigenvalue weighted by molar-refractivity contribution is 7.99. The summed E-state index contributed by atoms with van der Waals surface area (Å²) in [5, 5.41) is 14.6. The fraction of sp³-hybridized carbons (Fsp3) is 0.333. The molecule has 1 atom stereocenters. The number of aromatic nitrogens is 1. The summed E-state index contributed by atoms with van der Waals surface area (Å²) >= 11 is 1.49. The van der Waals surface area contributed by atoms with Crippen LogP contribution in [-0.2, 0) is 20.9 Å². The van der Waals surface area contributed by atoms with Crippen LogP contribution in [0.1, 0.15) is 17.7 Å². The molecule has 0 radical (unpaired) electrons. The molecule has 5 N–H and O–H groups in total. The van der Waals surface area contributed by atoms with Gasteiger partial charge in [0.05, 0.1) is 18.3 Å². The second-order valence-electron chi connectivity index (χ2n) is 7.10. The van der Waals surface area contributed by atoms with Gasteiger partial charge in [-0.05, 0) is 30.7 Å². The van der Waals surface area contributed by atoms with E-state index < -0.39 is 12.0 Å². The Balaban J connectivity index is 1.66. The molecule has 0 bridgehead atoms. The van der Waals surface area contributed by atoms with Crippen LogP contribution in [0.4, 0.5) is 11.5 Å². The molecule has 9 nitrogen and oxygen atoms in total. The minimum atomic E-state index is -1.03. The number of carboxylic acid groups (broad SMARTS) is 1. The molecule has 1 aliphatic heterocycles. The van der Waals surface area contributed by atoms with Crippen LogP contribution in [0.25, 0.3) is 0 Å². The molecule has 2 heterocycles. The monoisotopic (exact) mass is 443 g/mol. The van der Waals surface area contributed by atoms with E-state index in [4.69, 9.17) is 10.8 Å². The Bertz CT molecular complexity index is 984. The van der Waals surface area contributed by atoms with Crippen molar-refractivity contribution >= 4 is 41.1 Å². The summed E-state index contributed by atoms with van der Waals surface area (Å²) < 4.78 is 0. The maximum atomic E-state index is 13.1. The third-order valence-electron chi connectivity index (χ3n) is 4.88. The molecule has 0 unspecified atom stereocenters. The van der Waals surface area contributed by atoms with E-state index in [1.165, 1.54) is 11.8 Å². The van der Waals surface area contributed by atoms with Gasteiger partial charge in [-0.3, -0.25) is 19.7 Å². The van der Waals surface area contributed by atoms with Crippen molar-refractivity contribution in [3.8, 4) is 0 Å². The van der Waals surface area contributed by atoms with Crippen molar-refractivity contribution in [3.63, 3.8) is 0 Å². The van der Waals surface area contributed by atoms with E-state index in [1.54, 1.807) is 11.0 Å². The summed E-state index contributed by atoms with van der Waals surface area (Å²) in [5.74, 6) is -0.638. The van der Waals surface area contributed by atoms with Gasteiger partial charge in [0.1, 0.15) is 5.82 Å². The lowest BCUT2D eigenvalue weighted by Gasteiger charge is -2.25. The van der Waals surface area contributed by atoms with E-state index in [0.717, 1.165) is 21.8 Å². The number of amides is 2. The molecule has 0 saturated heterocycles. The normalized spacial score (nSPS) is 15.8. The van der Waals surface area contributed by atoms with Crippen molar-refractivity contribution in [1.82, 2.24) is 15.6 Å². The first-order chi connectivity index (χ1) is 14.8. The quantitative estimate of drug-likeness (QED) is 0.477. The fourth-order valence-electron chi connectivity index (χ4n) is 3.23. The number of benzene rings is 1. The molecule has 2 amide bonds. The molecule has 31 heavy (non-hydrogen) atoms. The highest BCUT2D eigenvalue weighted by Gasteiger charge is 2.31. The summed E-state index contributed by atoms with van der Waals surface area (Å²) in [6, 6.07) is 10.3. The van der Waals surface area contributed by atoms with Crippen molar-refractivity contribution < 1.29 is 19.5 Å². The molecule has 1 aromatic carbocycles. The first-order valence-corrected chi connectivity index (χ1v) is 10.8. The van der Waals surface area contributed by atoms with Crippen LogP contribution in [0.15, 0.2) is 41.3 Å². The Hall–Kier alpha value is -3.11. The molecular weight excluding hydrogens is 418 g/mol. The first kappa shape index (κ1) is 22.6. The van der Waals surface area contributed by atoms with Crippen LogP contribution in [-0.4, -0.2) is 52.8 Å². The van der Waals surface area contributed by atoms with Gasteiger partial charge >= 0.3 is 5.97 Å². The number of rotatable bonds is 8. The van der Waals surface area contributed by atoms with Crippen molar-refractivity contribution in [2.45, 2.75) is 30.8 Å². The second kappa shape index (κ2) is 10.3. The maximum Gasteiger partial charge on any atom is 0.317 e. The maximum absolute atomic E-state index is 13.1. The fourth-order valence-corrected chi connectivity index (χ4v) is 4.34.